The van der Waals surface area contributed by atoms with E-state index in [9.17, 15) is 19.5 Å². The number of ether oxygens (including phenoxy) is 1. The van der Waals surface area contributed by atoms with E-state index in [1.54, 1.807) is 6.92 Å². The zero-order valence-corrected chi connectivity index (χ0v) is 13.3. The molecule has 0 unspecified atom stereocenters. The Morgan fingerprint density at radius 1 is 1.29 bits per heavy atom. The monoisotopic (exact) mass is 298 g/mol. The fraction of sp³-hybridized carbons (Fsp3) is 0.812. The van der Waals surface area contributed by atoms with Gasteiger partial charge in [0.1, 0.15) is 5.78 Å². The maximum atomic E-state index is 11.8. The molecular weight excluding hydrogens is 272 g/mol. The summed E-state index contributed by atoms with van der Waals surface area (Å²) in [5.41, 5.74) is 0. The lowest BCUT2D eigenvalue weighted by molar-refractivity contribution is -0.156. The molecule has 1 aliphatic rings. The first-order valence-corrected chi connectivity index (χ1v) is 7.59. The van der Waals surface area contributed by atoms with Crippen LogP contribution in [0.15, 0.2) is 0 Å². The van der Waals surface area contributed by atoms with Crippen LogP contribution in [0, 0.1) is 29.6 Å². The number of ketones is 1. The molecule has 0 amide bonds. The first-order chi connectivity index (χ1) is 9.79. The van der Waals surface area contributed by atoms with Gasteiger partial charge in [-0.1, -0.05) is 20.3 Å². The highest BCUT2D eigenvalue weighted by atomic mass is 16.5. The van der Waals surface area contributed by atoms with Crippen molar-refractivity contribution in [1.82, 2.24) is 0 Å². The SMILES string of the molecule is COC(=O)[C@H](C)[C@@H]1CC[C@@H](C)[C@H](CCC(C)=O)[C@@H]1C(=O)O. The van der Waals surface area contributed by atoms with Crippen LogP contribution in [0.5, 0.6) is 0 Å². The van der Waals surface area contributed by atoms with Crippen LogP contribution >= 0.6 is 0 Å². The van der Waals surface area contributed by atoms with Crippen molar-refractivity contribution in [3.63, 3.8) is 0 Å². The van der Waals surface area contributed by atoms with E-state index in [2.05, 4.69) is 0 Å². The quantitative estimate of drug-likeness (QED) is 0.762. The van der Waals surface area contributed by atoms with E-state index in [4.69, 9.17) is 4.74 Å². The van der Waals surface area contributed by atoms with Gasteiger partial charge in [0, 0.05) is 6.42 Å². The molecule has 5 atom stereocenters. The van der Waals surface area contributed by atoms with Crippen molar-refractivity contribution in [2.45, 2.75) is 46.5 Å². The van der Waals surface area contributed by atoms with Crippen LogP contribution in [0.25, 0.3) is 0 Å². The van der Waals surface area contributed by atoms with Crippen molar-refractivity contribution in [1.29, 1.82) is 0 Å². The smallest absolute Gasteiger partial charge is 0.308 e. The second-order valence-electron chi connectivity index (χ2n) is 6.30. The second-order valence-corrected chi connectivity index (χ2v) is 6.30. The predicted molar refractivity (Wildman–Crippen MR) is 77.6 cm³/mol. The summed E-state index contributed by atoms with van der Waals surface area (Å²) in [6.45, 7) is 5.31. The molecule has 0 aromatic rings. The second kappa shape index (κ2) is 7.57. The number of aliphatic carboxylic acids is 1. The van der Waals surface area contributed by atoms with Crippen molar-refractivity contribution in [2.24, 2.45) is 29.6 Å². The summed E-state index contributed by atoms with van der Waals surface area (Å²) in [6.07, 6.45) is 2.58. The minimum absolute atomic E-state index is 0.0581. The number of hydrogen-bond donors (Lipinski definition) is 1. The zero-order valence-electron chi connectivity index (χ0n) is 13.3. The Labute approximate surface area is 126 Å². The molecule has 120 valence electrons. The number of carboxylic acids is 1. The van der Waals surface area contributed by atoms with Gasteiger partial charge in [-0.25, -0.2) is 0 Å². The van der Waals surface area contributed by atoms with Gasteiger partial charge >= 0.3 is 11.9 Å². The van der Waals surface area contributed by atoms with E-state index in [1.807, 2.05) is 6.92 Å². The van der Waals surface area contributed by atoms with E-state index in [-0.39, 0.29) is 29.5 Å². The van der Waals surface area contributed by atoms with Gasteiger partial charge in [-0.05, 0) is 37.5 Å². The van der Waals surface area contributed by atoms with Gasteiger partial charge in [0.25, 0.3) is 0 Å². The molecule has 5 heteroatoms. The highest BCUT2D eigenvalue weighted by Crippen LogP contribution is 2.44. The van der Waals surface area contributed by atoms with Crippen LogP contribution in [0.1, 0.15) is 46.5 Å². The van der Waals surface area contributed by atoms with Crippen molar-refractivity contribution < 1.29 is 24.2 Å². The number of methoxy groups -OCH3 is 1. The van der Waals surface area contributed by atoms with Gasteiger partial charge in [-0.2, -0.15) is 0 Å². The third kappa shape index (κ3) is 4.29. The lowest BCUT2D eigenvalue weighted by atomic mass is 9.62. The Hall–Kier alpha value is -1.39. The lowest BCUT2D eigenvalue weighted by Crippen LogP contribution is -2.43. The summed E-state index contributed by atoms with van der Waals surface area (Å²) in [4.78, 5) is 34.7. The van der Waals surface area contributed by atoms with Crippen molar-refractivity contribution >= 4 is 17.7 Å². The molecule has 0 aliphatic heterocycles. The van der Waals surface area contributed by atoms with Gasteiger partial charge in [0.05, 0.1) is 18.9 Å². The number of carbonyl (C=O) groups excluding carboxylic acids is 2. The largest absolute Gasteiger partial charge is 0.481 e. The van der Waals surface area contributed by atoms with Crippen LogP contribution in [-0.2, 0) is 19.1 Å². The standard InChI is InChI=1S/C16H26O5/c1-9-5-7-13(11(3)16(20)21-4)14(15(18)19)12(9)8-6-10(2)17/h9,11-14H,5-8H2,1-4H3,(H,18,19)/t9-,11-,12+,13+,14+/m1/s1. The summed E-state index contributed by atoms with van der Waals surface area (Å²) in [6, 6.07) is 0. The molecule has 0 radical (unpaired) electrons. The maximum absolute atomic E-state index is 11.8. The molecule has 0 spiro atoms. The van der Waals surface area contributed by atoms with Gasteiger partial charge in [0.2, 0.25) is 0 Å². The first kappa shape index (κ1) is 17.7. The summed E-state index contributed by atoms with van der Waals surface area (Å²) >= 11 is 0. The lowest BCUT2D eigenvalue weighted by Gasteiger charge is -2.41. The summed E-state index contributed by atoms with van der Waals surface area (Å²) < 4.78 is 4.77. The van der Waals surface area contributed by atoms with Crippen molar-refractivity contribution in [3.8, 4) is 0 Å². The molecular formula is C16H26O5. The third-order valence-corrected chi connectivity index (χ3v) is 4.94. The zero-order chi connectivity index (χ0) is 16.2. The van der Waals surface area contributed by atoms with Crippen LogP contribution < -0.4 is 0 Å². The number of carbonyl (C=O) groups is 3. The molecule has 1 rings (SSSR count). The number of esters is 1. The topological polar surface area (TPSA) is 80.7 Å². The number of Topliss-reactive ketones (excluding diaryl/α,β-unsaturated/α-hetero) is 1. The highest BCUT2D eigenvalue weighted by Gasteiger charge is 2.45. The fourth-order valence-electron chi connectivity index (χ4n) is 3.64. The molecule has 0 saturated heterocycles. The molecule has 1 fully saturated rings. The molecule has 0 aromatic carbocycles. The summed E-state index contributed by atoms with van der Waals surface area (Å²) in [7, 11) is 1.33. The van der Waals surface area contributed by atoms with Crippen LogP contribution in [0.2, 0.25) is 0 Å². The van der Waals surface area contributed by atoms with Crippen molar-refractivity contribution in [2.75, 3.05) is 7.11 Å². The van der Waals surface area contributed by atoms with Crippen LogP contribution in [0.4, 0.5) is 0 Å². The van der Waals surface area contributed by atoms with Crippen molar-refractivity contribution in [3.05, 3.63) is 0 Å². The number of rotatable bonds is 6. The minimum Gasteiger partial charge on any atom is -0.481 e. The van der Waals surface area contributed by atoms with Gasteiger partial charge in [-0.15, -0.1) is 0 Å². The molecule has 0 heterocycles. The Kier molecular flexibility index (Phi) is 6.37. The Morgan fingerprint density at radius 3 is 2.38 bits per heavy atom. The Balaban J connectivity index is 2.96. The van der Waals surface area contributed by atoms with E-state index in [0.717, 1.165) is 6.42 Å². The fourth-order valence-corrected chi connectivity index (χ4v) is 3.64. The number of carboxylic acid groups (broad SMARTS) is 1. The highest BCUT2D eigenvalue weighted by molar-refractivity contribution is 5.77. The summed E-state index contributed by atoms with van der Waals surface area (Å²) in [5, 5.41) is 9.63. The van der Waals surface area contributed by atoms with Crippen LogP contribution in [0.3, 0.4) is 0 Å². The maximum Gasteiger partial charge on any atom is 0.308 e. The molecule has 5 nitrogen and oxygen atoms in total. The van der Waals surface area contributed by atoms with E-state index >= 15 is 0 Å². The predicted octanol–water partition coefficient (Wildman–Crippen LogP) is 2.53. The molecule has 21 heavy (non-hydrogen) atoms. The van der Waals surface area contributed by atoms with Gasteiger partial charge in [-0.3, -0.25) is 9.59 Å². The number of hydrogen-bond acceptors (Lipinski definition) is 4. The minimum atomic E-state index is -0.865. The molecule has 0 aromatic heterocycles. The molecule has 1 N–H and O–H groups in total. The van der Waals surface area contributed by atoms with E-state index in [0.29, 0.717) is 19.3 Å². The molecule has 1 saturated carbocycles. The van der Waals surface area contributed by atoms with Gasteiger partial charge in [0.15, 0.2) is 0 Å². The van der Waals surface area contributed by atoms with E-state index < -0.39 is 17.8 Å². The molecule has 1 aliphatic carbocycles. The van der Waals surface area contributed by atoms with Crippen LogP contribution in [-0.4, -0.2) is 29.9 Å². The normalized spacial score (nSPS) is 30.5. The average Bonchev–Trinajstić information content (AvgIpc) is 2.43. The van der Waals surface area contributed by atoms with Gasteiger partial charge < -0.3 is 14.6 Å². The average molecular weight is 298 g/mol. The Morgan fingerprint density at radius 2 is 1.90 bits per heavy atom. The van der Waals surface area contributed by atoms with E-state index in [1.165, 1.54) is 14.0 Å². The Bertz CT molecular complexity index is 403. The molecule has 0 bridgehead atoms. The summed E-state index contributed by atoms with van der Waals surface area (Å²) in [5.74, 6) is -2.17. The first-order valence-electron chi connectivity index (χ1n) is 7.59. The third-order valence-electron chi connectivity index (χ3n) is 4.94.